The summed E-state index contributed by atoms with van der Waals surface area (Å²) in [5, 5.41) is 20.2. The van der Waals surface area contributed by atoms with Crippen LogP contribution in [0.1, 0.15) is 37.0 Å². The minimum absolute atomic E-state index is 0.246. The molecule has 0 radical (unpaired) electrons. The third-order valence-electron chi connectivity index (χ3n) is 3.91. The van der Waals surface area contributed by atoms with Crippen molar-refractivity contribution in [3.63, 3.8) is 0 Å². The number of hydrogen-bond acceptors (Lipinski definition) is 8. The number of nitrogens with zero attached hydrogens (tertiary/aromatic N) is 4. The third kappa shape index (κ3) is 3.71. The fraction of sp³-hybridized carbons (Fsp3) is 0.211. The number of carbonyl (C=O) groups is 1. The van der Waals surface area contributed by atoms with Gasteiger partial charge in [0.2, 0.25) is 5.13 Å². The van der Waals surface area contributed by atoms with Crippen molar-refractivity contribution in [2.24, 2.45) is 0 Å². The first-order chi connectivity index (χ1) is 13.4. The highest BCUT2D eigenvalue weighted by Gasteiger charge is 2.24. The van der Waals surface area contributed by atoms with Crippen molar-refractivity contribution in [1.82, 2.24) is 20.3 Å². The van der Waals surface area contributed by atoms with Crippen molar-refractivity contribution >= 4 is 33.7 Å². The number of thiophene rings is 1. The van der Waals surface area contributed by atoms with Crippen LogP contribution >= 0.6 is 22.7 Å². The van der Waals surface area contributed by atoms with Crippen LogP contribution in [0.5, 0.6) is 0 Å². The number of carbonyl (C=O) groups excluding carboxylic acids is 1. The van der Waals surface area contributed by atoms with Gasteiger partial charge >= 0.3 is 0 Å². The Morgan fingerprint density at radius 1 is 1.14 bits per heavy atom. The van der Waals surface area contributed by atoms with Crippen molar-refractivity contribution in [2.75, 3.05) is 5.32 Å². The molecule has 4 rings (SSSR count). The lowest BCUT2D eigenvalue weighted by Gasteiger charge is -2.11. The zero-order chi connectivity index (χ0) is 19.7. The summed E-state index contributed by atoms with van der Waals surface area (Å²) < 4.78 is 5.41. The van der Waals surface area contributed by atoms with Gasteiger partial charge in [-0.25, -0.2) is 0 Å². The molecular weight excluding hydrogens is 394 g/mol. The highest BCUT2D eigenvalue weighted by molar-refractivity contribution is 7.19. The Kier molecular flexibility index (Phi) is 4.78. The Balaban J connectivity index is 1.60. The summed E-state index contributed by atoms with van der Waals surface area (Å²) >= 11 is 2.91. The maximum atomic E-state index is 12.8. The minimum atomic E-state index is -0.306. The zero-order valence-corrected chi connectivity index (χ0v) is 17.1. The molecule has 28 heavy (non-hydrogen) atoms. The number of aromatic nitrogens is 4. The lowest BCUT2D eigenvalue weighted by Crippen LogP contribution is -2.14. The summed E-state index contributed by atoms with van der Waals surface area (Å²) in [6.45, 7) is 6.00. The molecule has 0 unspecified atom stereocenters. The largest absolute Gasteiger partial charge is 0.334 e. The smallest absolute Gasteiger partial charge is 0.258 e. The fourth-order valence-electron chi connectivity index (χ4n) is 2.45. The molecule has 0 aliphatic rings. The van der Waals surface area contributed by atoms with Crippen molar-refractivity contribution in [2.45, 2.75) is 26.2 Å². The maximum absolute atomic E-state index is 12.8. The van der Waals surface area contributed by atoms with Gasteiger partial charge in [-0.1, -0.05) is 49.4 Å². The van der Waals surface area contributed by atoms with Gasteiger partial charge in [-0.2, -0.15) is 16.3 Å². The van der Waals surface area contributed by atoms with Crippen LogP contribution in [0.15, 0.2) is 45.6 Å². The van der Waals surface area contributed by atoms with Gasteiger partial charge in [0, 0.05) is 16.4 Å². The Bertz CT molecular complexity index is 1110. The summed E-state index contributed by atoms with van der Waals surface area (Å²) in [5.74, 6) is 0.591. The Morgan fingerprint density at radius 3 is 2.68 bits per heavy atom. The standard InChI is InChI=1S/C19H17N5O2S2/c1-19(2,3)17-21-15(26-24-17)13-7-5-4-6-12(13)14(25)20-18-23-22-16(28-18)11-8-9-27-10-11/h4-10H,1-3H3,(H,20,23,25). The van der Waals surface area contributed by atoms with Crippen LogP contribution in [-0.2, 0) is 5.41 Å². The average molecular weight is 412 g/mol. The molecule has 4 aromatic rings. The van der Waals surface area contributed by atoms with E-state index in [0.717, 1.165) is 10.6 Å². The second-order valence-electron chi connectivity index (χ2n) is 7.10. The van der Waals surface area contributed by atoms with E-state index in [1.165, 1.54) is 11.3 Å². The van der Waals surface area contributed by atoms with Crippen LogP contribution in [0.25, 0.3) is 22.0 Å². The molecule has 3 heterocycles. The van der Waals surface area contributed by atoms with E-state index in [4.69, 9.17) is 4.52 Å². The van der Waals surface area contributed by atoms with Crippen LogP contribution in [0, 0.1) is 0 Å². The second-order valence-corrected chi connectivity index (χ2v) is 8.85. The van der Waals surface area contributed by atoms with E-state index in [0.29, 0.717) is 28.0 Å². The number of anilines is 1. The summed E-state index contributed by atoms with van der Waals surface area (Å²) in [4.78, 5) is 17.3. The van der Waals surface area contributed by atoms with Crippen molar-refractivity contribution in [3.05, 3.63) is 52.5 Å². The van der Waals surface area contributed by atoms with E-state index in [9.17, 15) is 4.79 Å². The fourth-order valence-corrected chi connectivity index (χ4v) is 3.90. The van der Waals surface area contributed by atoms with Gasteiger partial charge in [-0.05, 0) is 23.6 Å². The summed E-state index contributed by atoms with van der Waals surface area (Å²) in [6.07, 6.45) is 0. The van der Waals surface area contributed by atoms with Gasteiger partial charge < -0.3 is 4.52 Å². The quantitative estimate of drug-likeness (QED) is 0.515. The predicted octanol–water partition coefficient (Wildman–Crippen LogP) is 4.87. The molecule has 1 amide bonds. The Morgan fingerprint density at radius 2 is 1.96 bits per heavy atom. The van der Waals surface area contributed by atoms with E-state index in [1.807, 2.05) is 43.7 Å². The zero-order valence-electron chi connectivity index (χ0n) is 15.5. The summed E-state index contributed by atoms with van der Waals surface area (Å²) in [7, 11) is 0. The van der Waals surface area contributed by atoms with Gasteiger partial charge in [-0.15, -0.1) is 10.2 Å². The summed E-state index contributed by atoms with van der Waals surface area (Å²) in [6, 6.07) is 9.08. The molecule has 0 atom stereocenters. The van der Waals surface area contributed by atoms with Gasteiger partial charge in [0.1, 0.15) is 5.01 Å². The number of amides is 1. The highest BCUT2D eigenvalue weighted by atomic mass is 32.1. The van der Waals surface area contributed by atoms with Crippen molar-refractivity contribution in [3.8, 4) is 22.0 Å². The van der Waals surface area contributed by atoms with E-state index in [-0.39, 0.29) is 11.3 Å². The number of benzene rings is 1. The normalized spacial score (nSPS) is 11.5. The van der Waals surface area contributed by atoms with Gasteiger partial charge in [0.15, 0.2) is 5.82 Å². The Labute approximate surface area is 169 Å². The first-order valence-electron chi connectivity index (χ1n) is 8.53. The molecule has 0 fully saturated rings. The maximum Gasteiger partial charge on any atom is 0.258 e. The van der Waals surface area contributed by atoms with Gasteiger partial charge in [-0.3, -0.25) is 10.1 Å². The number of rotatable bonds is 4. The molecule has 1 N–H and O–H groups in total. The van der Waals surface area contributed by atoms with Crippen molar-refractivity contribution in [1.29, 1.82) is 0 Å². The average Bonchev–Trinajstić information content (AvgIpc) is 3.41. The van der Waals surface area contributed by atoms with Crippen LogP contribution in [0.3, 0.4) is 0 Å². The minimum Gasteiger partial charge on any atom is -0.334 e. The highest BCUT2D eigenvalue weighted by Crippen LogP contribution is 2.30. The molecule has 142 valence electrons. The molecule has 0 spiro atoms. The SMILES string of the molecule is CC(C)(C)c1noc(-c2ccccc2C(=O)Nc2nnc(-c3ccsc3)s2)n1. The molecule has 0 saturated heterocycles. The number of hydrogen-bond donors (Lipinski definition) is 1. The van der Waals surface area contributed by atoms with Gasteiger partial charge in [0.05, 0.1) is 11.1 Å². The monoisotopic (exact) mass is 411 g/mol. The molecule has 0 aliphatic heterocycles. The third-order valence-corrected chi connectivity index (χ3v) is 5.48. The van der Waals surface area contributed by atoms with Crippen LogP contribution in [0.4, 0.5) is 5.13 Å². The van der Waals surface area contributed by atoms with Crippen molar-refractivity contribution < 1.29 is 9.32 Å². The molecule has 0 saturated carbocycles. The van der Waals surface area contributed by atoms with E-state index < -0.39 is 0 Å². The lowest BCUT2D eigenvalue weighted by atomic mass is 9.96. The predicted molar refractivity (Wildman–Crippen MR) is 110 cm³/mol. The molecule has 7 nitrogen and oxygen atoms in total. The molecule has 3 aromatic heterocycles. The Hall–Kier alpha value is -2.91. The molecular formula is C19H17N5O2S2. The first kappa shape index (κ1) is 18.5. The molecule has 1 aromatic carbocycles. The van der Waals surface area contributed by atoms with E-state index in [2.05, 4.69) is 25.7 Å². The van der Waals surface area contributed by atoms with Crippen LogP contribution < -0.4 is 5.32 Å². The topological polar surface area (TPSA) is 93.8 Å². The first-order valence-corrected chi connectivity index (χ1v) is 10.3. The second kappa shape index (κ2) is 7.25. The van der Waals surface area contributed by atoms with E-state index in [1.54, 1.807) is 29.5 Å². The summed E-state index contributed by atoms with van der Waals surface area (Å²) in [5.41, 5.74) is 1.75. The lowest BCUT2D eigenvalue weighted by molar-refractivity contribution is 0.102. The van der Waals surface area contributed by atoms with Gasteiger partial charge in [0.25, 0.3) is 11.8 Å². The number of nitrogens with one attached hydrogen (secondary N) is 1. The molecule has 0 bridgehead atoms. The van der Waals surface area contributed by atoms with Crippen LogP contribution in [-0.4, -0.2) is 26.2 Å². The van der Waals surface area contributed by atoms with Crippen LogP contribution in [0.2, 0.25) is 0 Å². The molecule has 0 aliphatic carbocycles. The molecule has 9 heteroatoms. The van der Waals surface area contributed by atoms with E-state index >= 15 is 0 Å².